The molecule has 1 N–H and O–H groups in total. The zero-order chi connectivity index (χ0) is 26.6. The molecule has 0 aromatic carbocycles. The molecule has 1 radical (unpaired) electrons. The van der Waals surface area contributed by atoms with Crippen LogP contribution in [0.2, 0.25) is 0 Å². The molecule has 1 aliphatic rings. The molecule has 0 spiro atoms. The monoisotopic (exact) mass is 335 g/mol. The van der Waals surface area contributed by atoms with E-state index < -0.39 is 76.5 Å². The molecule has 20 heavy (non-hydrogen) atoms. The number of amides is 1. The Labute approximate surface area is 142 Å². The van der Waals surface area contributed by atoms with Gasteiger partial charge in [-0.15, -0.1) is 10.3 Å². The van der Waals surface area contributed by atoms with Gasteiger partial charge in [-0.2, -0.15) is 0 Å². The molecule has 1 amide bonds. The molecule has 0 aliphatic carbocycles. The molecular formula is C12H21N2O4S2. The van der Waals surface area contributed by atoms with Crippen LogP contribution in [0.3, 0.4) is 0 Å². The Morgan fingerprint density at radius 1 is 1.50 bits per heavy atom. The van der Waals surface area contributed by atoms with Crippen molar-refractivity contribution in [3.05, 3.63) is 11.6 Å². The first-order chi connectivity index (χ1) is 14.3. The Bertz CT molecular complexity index is 890. The summed E-state index contributed by atoms with van der Waals surface area (Å²) in [4.78, 5) is 12.9. The summed E-state index contributed by atoms with van der Waals surface area (Å²) in [6, 6.07) is -1.79. The van der Waals surface area contributed by atoms with Crippen LogP contribution in [0.4, 0.5) is 0 Å². The fourth-order valence-electron chi connectivity index (χ4n) is 1.34. The maximum Gasteiger partial charge on any atom is 0.248 e. The first-order valence-corrected chi connectivity index (χ1v) is 8.53. The topological polar surface area (TPSA) is 86.4 Å². The largest absolute Gasteiger partial charge is 0.351 e. The second-order valence-electron chi connectivity index (χ2n) is 4.00. The zero-order valence-corrected chi connectivity index (χ0v) is 11.9. The van der Waals surface area contributed by atoms with Crippen molar-refractivity contribution in [2.24, 2.45) is 0 Å². The van der Waals surface area contributed by atoms with Crippen molar-refractivity contribution in [1.82, 2.24) is 10.4 Å². The number of nitrogens with one attached hydrogen (secondary N) is 1. The third kappa shape index (κ3) is 3.97. The molecule has 6 nitrogen and oxygen atoms in total. The van der Waals surface area contributed by atoms with E-state index in [2.05, 4.69) is 0 Å². The van der Waals surface area contributed by atoms with Crippen LogP contribution in [0.25, 0.3) is 0 Å². The summed E-state index contributed by atoms with van der Waals surface area (Å²) < 4.78 is 123. The van der Waals surface area contributed by atoms with E-state index in [1.54, 1.807) is 0 Å². The highest BCUT2D eigenvalue weighted by Crippen LogP contribution is 2.38. The first kappa shape index (κ1) is 6.28. The van der Waals surface area contributed by atoms with E-state index in [0.717, 1.165) is 6.26 Å². The van der Waals surface area contributed by atoms with Crippen LogP contribution in [-0.2, 0) is 18.9 Å². The average Bonchev–Trinajstić information content (AvgIpc) is 2.74. The van der Waals surface area contributed by atoms with Crippen LogP contribution in [0.1, 0.15) is 45.2 Å². The number of hydrogen-bond donors (Lipinski definition) is 1. The van der Waals surface area contributed by atoms with Gasteiger partial charge in [-0.05, 0) is 38.2 Å². The standard InChI is InChI=1S/C12H21N2O4S2/c1-11(2)8-9(12(3,4)14(11)16)10(15)13-6-7-19-20(5,17)18/h8H,6-7H2,1-5H3,(H,13,15)/i1D3,2D3,3D3,4D3,8D,14+1. The van der Waals surface area contributed by atoms with E-state index >= 15 is 0 Å². The summed E-state index contributed by atoms with van der Waals surface area (Å²) in [7, 11) is -3.20. The minimum Gasteiger partial charge on any atom is -0.351 e. The van der Waals surface area contributed by atoms with Crippen molar-refractivity contribution in [1.29, 1.82) is 0 Å². The van der Waals surface area contributed by atoms with Gasteiger partial charge in [0.1, 0.15) is 0 Å². The summed E-state index contributed by atoms with van der Waals surface area (Å²) in [6.07, 6.45) is 0.853. The lowest BCUT2D eigenvalue weighted by Gasteiger charge is -2.33. The molecule has 1 aliphatic heterocycles. The smallest absolute Gasteiger partial charge is 0.248 e. The minimum atomic E-state index is -4.02. The van der Waals surface area contributed by atoms with Crippen LogP contribution >= 0.6 is 10.8 Å². The second kappa shape index (κ2) is 5.67. The van der Waals surface area contributed by atoms with Crippen molar-refractivity contribution < 1.29 is 36.2 Å². The fourth-order valence-corrected chi connectivity index (χ4v) is 2.99. The maximum absolute atomic E-state index is 13.4. The number of nitrogens with zero attached hydrogens (tertiary/aromatic N) is 1. The predicted molar refractivity (Wildman–Crippen MR) is 79.1 cm³/mol. The van der Waals surface area contributed by atoms with Gasteiger partial charge < -0.3 is 5.32 Å². The first-order valence-electron chi connectivity index (χ1n) is 11.6. The van der Waals surface area contributed by atoms with Gasteiger partial charge in [0.2, 0.25) is 5.91 Å². The summed E-state index contributed by atoms with van der Waals surface area (Å²) in [5, 5.41) is 14.2. The predicted octanol–water partition coefficient (Wildman–Crippen LogP) is 0.940. The molecule has 115 valence electrons. The van der Waals surface area contributed by atoms with Crippen molar-refractivity contribution in [2.75, 3.05) is 18.6 Å². The molecule has 0 saturated heterocycles. The zero-order valence-electron chi connectivity index (χ0n) is 23.3. The third-order valence-electron chi connectivity index (χ3n) is 2.19. The lowest BCUT2D eigenvalue weighted by atomic mass is 9.97. The van der Waals surface area contributed by atoms with Gasteiger partial charge in [-0.3, -0.25) is 4.79 Å². The van der Waals surface area contributed by atoms with E-state index in [1.165, 1.54) is 0 Å². The highest BCUT2D eigenvalue weighted by atomic mass is 33.1. The molecule has 1 heterocycles. The van der Waals surface area contributed by atoms with Crippen LogP contribution in [-0.4, -0.2) is 49.0 Å². The van der Waals surface area contributed by atoms with Gasteiger partial charge in [0.25, 0.3) is 0 Å². The van der Waals surface area contributed by atoms with Crippen LogP contribution < -0.4 is 5.32 Å². The highest BCUT2D eigenvalue weighted by Gasteiger charge is 2.48. The minimum absolute atomic E-state index is 0.315. The molecule has 0 unspecified atom stereocenters. The van der Waals surface area contributed by atoms with Crippen LogP contribution in [0.15, 0.2) is 11.6 Å². The summed E-state index contributed by atoms with van der Waals surface area (Å²) in [5.41, 5.74) is -9.67. The second-order valence-corrected chi connectivity index (χ2v) is 8.57. The Hall–Kier alpha value is -0.570. The number of carbonyl (C=O) groups excluding carboxylic acids is 1. The van der Waals surface area contributed by atoms with E-state index in [1.807, 2.05) is 5.32 Å². The lowest BCUT2D eigenvalue weighted by molar-refractivity contribution is -0.238. The quantitative estimate of drug-likeness (QED) is 0.459. The molecule has 0 fully saturated rings. The van der Waals surface area contributed by atoms with Crippen molar-refractivity contribution in [3.63, 3.8) is 0 Å². The summed E-state index contributed by atoms with van der Waals surface area (Å²) in [6.45, 7) is -16.5. The fraction of sp³-hybridized carbons (Fsp3) is 0.750. The Balaban J connectivity index is 3.95. The van der Waals surface area contributed by atoms with Crippen LogP contribution in [0, 0.1) is 0 Å². The van der Waals surface area contributed by atoms with Gasteiger partial charge in [0.15, 0.2) is 8.87 Å². The van der Waals surface area contributed by atoms with Crippen molar-refractivity contribution in [3.8, 4) is 0 Å². The van der Waals surface area contributed by atoms with E-state index in [4.69, 9.17) is 17.8 Å². The van der Waals surface area contributed by atoms with Gasteiger partial charge in [0, 0.05) is 40.6 Å². The van der Waals surface area contributed by atoms with Gasteiger partial charge in [-0.1, -0.05) is 6.05 Å². The Morgan fingerprint density at radius 2 is 2.15 bits per heavy atom. The third-order valence-corrected chi connectivity index (χ3v) is 4.77. The van der Waals surface area contributed by atoms with Gasteiger partial charge >= 0.3 is 0 Å². The molecular weight excluding hydrogens is 301 g/mol. The van der Waals surface area contributed by atoms with E-state index in [9.17, 15) is 18.4 Å². The number of hydroxylamine groups is 2. The number of rotatable bonds is 5. The normalized spacial score (nSPS) is 34.2. The summed E-state index contributed by atoms with van der Waals surface area (Å²) in [5.74, 6) is -2.01. The van der Waals surface area contributed by atoms with Crippen LogP contribution in [0.5, 0.6) is 0 Å². The highest BCUT2D eigenvalue weighted by molar-refractivity contribution is 8.71. The van der Waals surface area contributed by atoms with Gasteiger partial charge in [-0.25, -0.2) is 8.42 Å². The molecule has 8 heteroatoms. The molecule has 1 rings (SSSR count). The molecule has 0 aromatic heterocycles. The van der Waals surface area contributed by atoms with Crippen molar-refractivity contribution in [2.45, 2.75) is 38.5 Å². The Kier molecular flexibility index (Phi) is 1.78. The number of hydrogen-bond acceptors (Lipinski definition) is 5. The van der Waals surface area contributed by atoms with Gasteiger partial charge in [0.05, 0.1) is 12.4 Å². The van der Waals surface area contributed by atoms with Crippen molar-refractivity contribution >= 4 is 25.6 Å². The average molecular weight is 336 g/mol. The molecule has 0 aromatic rings. The lowest BCUT2D eigenvalue weighted by Crippen LogP contribution is -2.48. The number of carbonyl (C=O) groups is 1. The molecule has 0 bridgehead atoms. The molecule has 0 saturated carbocycles. The van der Waals surface area contributed by atoms with E-state index in [-0.39, 0.29) is 5.75 Å². The molecule has 0 atom stereocenters. The Morgan fingerprint density at radius 3 is 2.65 bits per heavy atom. The maximum atomic E-state index is 13.4. The SMILES string of the molecule is [2H]C1=C(C(=O)NCCSS(C)(=O)=O)C(C([2H])([2H])[2H])(C([2H])([2H])[2H])[15N]([O])C1(C([2H])([2H])[2H])C([2H])([2H])[2H]. The van der Waals surface area contributed by atoms with E-state index in [0.29, 0.717) is 10.8 Å². The summed E-state index contributed by atoms with van der Waals surface area (Å²) >= 11 is 0.